The molecule has 102 valence electrons. The predicted molar refractivity (Wildman–Crippen MR) is 70.0 cm³/mol. The topological polar surface area (TPSA) is 123 Å². The zero-order chi connectivity index (χ0) is 14.6. The van der Waals surface area contributed by atoms with Crippen molar-refractivity contribution in [3.8, 4) is 0 Å². The van der Waals surface area contributed by atoms with E-state index in [4.69, 9.17) is 16.6 Å². The molecule has 1 aromatic rings. The lowest BCUT2D eigenvalue weighted by Crippen LogP contribution is -2.30. The molecule has 19 heavy (non-hydrogen) atoms. The molecule has 0 heterocycles. The van der Waals surface area contributed by atoms with Crippen molar-refractivity contribution in [2.75, 3.05) is 5.73 Å². The number of benzene rings is 1. The molecule has 0 amide bonds. The fourth-order valence-corrected chi connectivity index (χ4v) is 1.56. The zero-order valence-electron chi connectivity index (χ0n) is 10.6. The molecule has 0 aliphatic carbocycles. The largest absolute Gasteiger partial charge is 0.480 e. The zero-order valence-corrected chi connectivity index (χ0v) is 10.6. The van der Waals surface area contributed by atoms with Gasteiger partial charge in [-0.3, -0.25) is 14.4 Å². The number of carboxylic acids is 1. The molecule has 1 atom stereocenters. The van der Waals surface area contributed by atoms with Crippen LogP contribution in [0.2, 0.25) is 0 Å². The summed E-state index contributed by atoms with van der Waals surface area (Å²) in [6, 6.07) is 3.37. The average molecular weight is 264 g/mol. The van der Waals surface area contributed by atoms with Gasteiger partial charge in [-0.2, -0.15) is 0 Å². The van der Waals surface area contributed by atoms with Crippen LogP contribution < -0.4 is 11.5 Å². The molecule has 0 aromatic heterocycles. The van der Waals surface area contributed by atoms with Crippen LogP contribution in [0.5, 0.6) is 0 Å². The molecule has 5 N–H and O–H groups in total. The highest BCUT2D eigenvalue weighted by Gasteiger charge is 2.16. The van der Waals surface area contributed by atoms with Crippen molar-refractivity contribution in [2.45, 2.75) is 25.8 Å². The second-order valence-corrected chi connectivity index (χ2v) is 4.26. The van der Waals surface area contributed by atoms with Gasteiger partial charge >= 0.3 is 5.97 Å². The lowest BCUT2D eigenvalue weighted by Gasteiger charge is -2.08. The van der Waals surface area contributed by atoms with Crippen LogP contribution in [0, 0.1) is 0 Å². The predicted octanol–water partition coefficient (Wildman–Crippen LogP) is 0.846. The lowest BCUT2D eigenvalue weighted by molar-refractivity contribution is -0.138. The van der Waals surface area contributed by atoms with Crippen molar-refractivity contribution in [1.29, 1.82) is 0 Å². The summed E-state index contributed by atoms with van der Waals surface area (Å²) >= 11 is 0. The summed E-state index contributed by atoms with van der Waals surface area (Å²) in [6.07, 6.45) is -0.00305. The summed E-state index contributed by atoms with van der Waals surface area (Å²) in [5.74, 6) is -1.65. The van der Waals surface area contributed by atoms with Crippen LogP contribution in [0.15, 0.2) is 18.2 Å². The van der Waals surface area contributed by atoms with Crippen LogP contribution >= 0.6 is 0 Å². The average Bonchev–Trinajstić information content (AvgIpc) is 2.35. The van der Waals surface area contributed by atoms with Gasteiger partial charge < -0.3 is 16.6 Å². The maximum atomic E-state index is 11.9. The Bertz CT molecular complexity index is 525. The number of hydrogen-bond acceptors (Lipinski definition) is 5. The maximum Gasteiger partial charge on any atom is 0.320 e. The molecule has 1 unspecified atom stereocenters. The minimum absolute atomic E-state index is 0.0257. The molecule has 1 rings (SSSR count). The van der Waals surface area contributed by atoms with Crippen LogP contribution in [0.25, 0.3) is 0 Å². The van der Waals surface area contributed by atoms with Gasteiger partial charge in [0.05, 0.1) is 0 Å². The third-order valence-corrected chi connectivity index (χ3v) is 2.76. The molecule has 0 spiro atoms. The summed E-state index contributed by atoms with van der Waals surface area (Å²) < 4.78 is 0. The van der Waals surface area contributed by atoms with E-state index in [-0.39, 0.29) is 35.7 Å². The number of anilines is 1. The number of carbonyl (C=O) groups excluding carboxylic acids is 2. The number of nitrogen functional groups attached to an aromatic ring is 1. The molecule has 0 saturated heterocycles. The Labute approximate surface area is 110 Å². The van der Waals surface area contributed by atoms with E-state index in [0.717, 1.165) is 0 Å². The van der Waals surface area contributed by atoms with E-state index in [1.807, 2.05) is 0 Å². The van der Waals surface area contributed by atoms with Crippen molar-refractivity contribution in [1.82, 2.24) is 0 Å². The van der Waals surface area contributed by atoms with Gasteiger partial charge in [-0.15, -0.1) is 0 Å². The number of rotatable bonds is 6. The van der Waals surface area contributed by atoms with Gasteiger partial charge in [-0.25, -0.2) is 0 Å². The van der Waals surface area contributed by atoms with Gasteiger partial charge in [-0.05, 0) is 31.5 Å². The van der Waals surface area contributed by atoms with E-state index >= 15 is 0 Å². The Morgan fingerprint density at radius 1 is 1.32 bits per heavy atom. The van der Waals surface area contributed by atoms with E-state index in [1.165, 1.54) is 25.1 Å². The second-order valence-electron chi connectivity index (χ2n) is 4.26. The molecule has 6 nitrogen and oxygen atoms in total. The Kier molecular flexibility index (Phi) is 4.77. The number of ketones is 2. The first-order chi connectivity index (χ1) is 8.82. The van der Waals surface area contributed by atoms with Crippen LogP contribution in [0.4, 0.5) is 5.69 Å². The van der Waals surface area contributed by atoms with Crippen LogP contribution in [-0.4, -0.2) is 28.7 Å². The minimum Gasteiger partial charge on any atom is -0.480 e. The number of carbonyl (C=O) groups is 3. The van der Waals surface area contributed by atoms with Crippen LogP contribution in [0.3, 0.4) is 0 Å². The van der Waals surface area contributed by atoms with E-state index < -0.39 is 12.0 Å². The number of nitrogens with two attached hydrogens (primary N) is 2. The molecule has 0 aliphatic heterocycles. The van der Waals surface area contributed by atoms with Crippen molar-refractivity contribution < 1.29 is 19.5 Å². The fraction of sp³-hybridized carbons (Fsp3) is 0.308. The Morgan fingerprint density at radius 3 is 2.47 bits per heavy atom. The third-order valence-electron chi connectivity index (χ3n) is 2.76. The summed E-state index contributed by atoms with van der Waals surface area (Å²) in [4.78, 5) is 33.7. The Balaban J connectivity index is 2.84. The highest BCUT2D eigenvalue weighted by molar-refractivity contribution is 6.04. The molecule has 0 fully saturated rings. The number of carboxylic acid groups (broad SMARTS) is 1. The van der Waals surface area contributed by atoms with Crippen molar-refractivity contribution in [3.05, 3.63) is 29.3 Å². The third kappa shape index (κ3) is 3.89. The minimum atomic E-state index is -1.15. The van der Waals surface area contributed by atoms with E-state index in [1.54, 1.807) is 0 Å². The molecule has 0 aliphatic rings. The first-order valence-electron chi connectivity index (χ1n) is 5.75. The molecule has 1 aromatic carbocycles. The van der Waals surface area contributed by atoms with E-state index in [9.17, 15) is 14.4 Å². The van der Waals surface area contributed by atoms with Crippen LogP contribution in [0.1, 0.15) is 40.5 Å². The number of Topliss-reactive ketones (excluding diaryl/α,β-unsaturated/α-hetero) is 2. The van der Waals surface area contributed by atoms with Gasteiger partial charge in [0.15, 0.2) is 11.6 Å². The van der Waals surface area contributed by atoms with Gasteiger partial charge in [0.2, 0.25) is 0 Å². The van der Waals surface area contributed by atoms with Crippen LogP contribution in [-0.2, 0) is 4.79 Å². The normalized spacial score (nSPS) is 11.9. The molecule has 0 radical (unpaired) electrons. The standard InChI is InChI=1S/C13H16N2O4/c1-7(16)8-2-3-10(14)9(6-8)12(17)5-4-11(15)13(18)19/h2-3,6,11H,4-5,14-15H2,1H3,(H,18,19). The van der Waals surface area contributed by atoms with Crippen molar-refractivity contribution >= 4 is 23.2 Å². The van der Waals surface area contributed by atoms with Crippen molar-refractivity contribution in [3.63, 3.8) is 0 Å². The monoisotopic (exact) mass is 264 g/mol. The first-order valence-corrected chi connectivity index (χ1v) is 5.75. The van der Waals surface area contributed by atoms with Gasteiger partial charge in [0.25, 0.3) is 0 Å². The number of hydrogen-bond donors (Lipinski definition) is 3. The second kappa shape index (κ2) is 6.10. The molecule has 0 bridgehead atoms. The van der Waals surface area contributed by atoms with Gasteiger partial charge in [0.1, 0.15) is 6.04 Å². The molecule has 0 saturated carbocycles. The molecular formula is C13H16N2O4. The SMILES string of the molecule is CC(=O)c1ccc(N)c(C(=O)CCC(N)C(=O)O)c1. The quantitative estimate of drug-likeness (QED) is 0.517. The van der Waals surface area contributed by atoms with Gasteiger partial charge in [0, 0.05) is 23.2 Å². The summed E-state index contributed by atoms with van der Waals surface area (Å²) in [5.41, 5.74) is 11.9. The first kappa shape index (κ1) is 14.8. The Morgan fingerprint density at radius 2 is 1.95 bits per heavy atom. The van der Waals surface area contributed by atoms with Crippen molar-refractivity contribution in [2.24, 2.45) is 5.73 Å². The lowest BCUT2D eigenvalue weighted by atomic mass is 9.99. The van der Waals surface area contributed by atoms with E-state index in [0.29, 0.717) is 5.56 Å². The fourth-order valence-electron chi connectivity index (χ4n) is 1.56. The Hall–Kier alpha value is -2.21. The maximum absolute atomic E-state index is 11.9. The highest BCUT2D eigenvalue weighted by atomic mass is 16.4. The smallest absolute Gasteiger partial charge is 0.320 e. The highest BCUT2D eigenvalue weighted by Crippen LogP contribution is 2.17. The van der Waals surface area contributed by atoms with Gasteiger partial charge in [-0.1, -0.05) is 0 Å². The molecular weight excluding hydrogens is 248 g/mol. The summed E-state index contributed by atoms with van der Waals surface area (Å²) in [6.45, 7) is 1.39. The number of aliphatic carboxylic acids is 1. The summed E-state index contributed by atoms with van der Waals surface area (Å²) in [7, 11) is 0. The summed E-state index contributed by atoms with van der Waals surface area (Å²) in [5, 5.41) is 8.63. The molecule has 6 heteroatoms. The van der Waals surface area contributed by atoms with E-state index in [2.05, 4.69) is 0 Å².